The molecule has 7 nitrogen and oxygen atoms in total. The van der Waals surface area contributed by atoms with Crippen LogP contribution in [0.2, 0.25) is 0 Å². The summed E-state index contributed by atoms with van der Waals surface area (Å²) in [4.78, 5) is 34.4. The number of aromatic carboxylic acids is 1. The van der Waals surface area contributed by atoms with Gasteiger partial charge in [-0.05, 0) is 73.5 Å². The van der Waals surface area contributed by atoms with Gasteiger partial charge in [0.2, 0.25) is 0 Å². The van der Waals surface area contributed by atoms with Gasteiger partial charge in [-0.1, -0.05) is 53.7 Å². The van der Waals surface area contributed by atoms with Crippen LogP contribution in [0.25, 0.3) is 10.4 Å². The molecule has 0 aliphatic carbocycles. The maximum absolute atomic E-state index is 11.7. The van der Waals surface area contributed by atoms with Gasteiger partial charge in [-0.2, -0.15) is 0 Å². The highest BCUT2D eigenvalue weighted by molar-refractivity contribution is 9.11. The Bertz CT molecular complexity index is 1100. The summed E-state index contributed by atoms with van der Waals surface area (Å²) in [6.07, 6.45) is -0.510. The highest BCUT2D eigenvalue weighted by Gasteiger charge is 2.16. The van der Waals surface area contributed by atoms with E-state index in [4.69, 9.17) is 14.6 Å². The molecule has 0 saturated carbocycles. The molecule has 0 atom stereocenters. The van der Waals surface area contributed by atoms with Crippen molar-refractivity contribution in [2.45, 2.75) is 74.8 Å². The lowest BCUT2D eigenvalue weighted by Crippen LogP contribution is -2.27. The number of rotatable bonds is 5. The maximum Gasteiger partial charge on any atom is 0.412 e. The summed E-state index contributed by atoms with van der Waals surface area (Å²) < 4.78 is 10.9. The van der Waals surface area contributed by atoms with Crippen LogP contribution in [0, 0.1) is 0 Å². The number of carboxylic acid groups (broad SMARTS) is 1. The van der Waals surface area contributed by atoms with E-state index in [1.165, 1.54) is 22.7 Å². The third kappa shape index (κ3) is 16.1. The van der Waals surface area contributed by atoms with Crippen molar-refractivity contribution in [3.05, 3.63) is 62.1 Å². The van der Waals surface area contributed by atoms with Crippen LogP contribution >= 0.6 is 38.6 Å². The molecule has 0 spiro atoms. The van der Waals surface area contributed by atoms with Crippen molar-refractivity contribution in [1.82, 2.24) is 0 Å². The van der Waals surface area contributed by atoms with Gasteiger partial charge >= 0.3 is 18.0 Å². The molecule has 10 heteroatoms. The fourth-order valence-corrected chi connectivity index (χ4v) is 4.39. The molecular weight excluding hydrogens is 602 g/mol. The average molecular weight is 645 g/mol. The lowest BCUT2D eigenvalue weighted by molar-refractivity contribution is 0.0525. The zero-order valence-corrected chi connectivity index (χ0v) is 27.7. The number of carbonyl (C=O) groups is 3. The van der Waals surface area contributed by atoms with E-state index in [1.54, 1.807) is 62.7 Å². The SMILES string of the molecule is CC.CC.CC.CC(C)(C)OC(=O)Nc1ccc(-c2cc(C(=O)O)cs2)cc1.CCOC(=O)c1csc(Br)c1. The quantitative estimate of drug-likeness (QED) is 0.268. The van der Waals surface area contributed by atoms with Gasteiger partial charge in [-0.25, -0.2) is 14.4 Å². The van der Waals surface area contributed by atoms with E-state index in [1.807, 2.05) is 53.7 Å². The largest absolute Gasteiger partial charge is 0.478 e. The maximum atomic E-state index is 11.7. The molecule has 2 aromatic heterocycles. The smallest absolute Gasteiger partial charge is 0.412 e. The van der Waals surface area contributed by atoms with Gasteiger partial charge in [-0.15, -0.1) is 22.7 Å². The Hall–Kier alpha value is -2.69. The van der Waals surface area contributed by atoms with Gasteiger partial charge in [-0.3, -0.25) is 5.32 Å². The lowest BCUT2D eigenvalue weighted by atomic mass is 10.1. The van der Waals surface area contributed by atoms with Crippen LogP contribution in [0.1, 0.15) is 90.0 Å². The molecule has 0 radical (unpaired) electrons. The van der Waals surface area contributed by atoms with E-state index in [2.05, 4.69) is 21.2 Å². The highest BCUT2D eigenvalue weighted by atomic mass is 79.9. The van der Waals surface area contributed by atoms with Crippen molar-refractivity contribution in [1.29, 1.82) is 0 Å². The number of nitrogens with one attached hydrogen (secondary N) is 1. The zero-order chi connectivity index (χ0) is 30.6. The van der Waals surface area contributed by atoms with E-state index in [0.29, 0.717) is 17.9 Å². The monoisotopic (exact) mass is 643 g/mol. The van der Waals surface area contributed by atoms with Gasteiger partial charge < -0.3 is 14.6 Å². The standard InChI is InChI=1S/C16H17NO4S.C7H7BrO2S.3C2H6/c1-16(2,3)21-15(20)17-12-6-4-10(5-7-12)13-8-11(9-22-13)14(18)19;1-2-10-7(9)5-3-6(8)11-4-5;3*1-2/h4-9H,1-3H3,(H,17,20)(H,18,19);3-4H,2H2,1H3;3*1-2H3. The summed E-state index contributed by atoms with van der Waals surface area (Å²) in [6.45, 7) is 19.6. The first-order valence-corrected chi connectivity index (χ1v) is 15.4. The minimum atomic E-state index is -0.939. The molecule has 0 aliphatic rings. The van der Waals surface area contributed by atoms with Gasteiger partial charge in [0.05, 0.1) is 21.5 Å². The van der Waals surface area contributed by atoms with E-state index < -0.39 is 17.7 Å². The van der Waals surface area contributed by atoms with Crippen LogP contribution in [0.4, 0.5) is 10.5 Å². The Kier molecular flexibility index (Phi) is 20.9. The summed E-state index contributed by atoms with van der Waals surface area (Å²) >= 11 is 6.10. The number of anilines is 1. The minimum absolute atomic E-state index is 0.255. The molecule has 0 bridgehead atoms. The molecule has 0 unspecified atom stereocenters. The van der Waals surface area contributed by atoms with Gasteiger partial charge in [0.15, 0.2) is 0 Å². The zero-order valence-electron chi connectivity index (χ0n) is 24.5. The molecular formula is C29H42BrNO6S2. The molecule has 39 heavy (non-hydrogen) atoms. The molecule has 0 saturated heterocycles. The highest BCUT2D eigenvalue weighted by Crippen LogP contribution is 2.28. The summed E-state index contributed by atoms with van der Waals surface area (Å²) in [5.41, 5.74) is 1.86. The topological polar surface area (TPSA) is 102 Å². The van der Waals surface area contributed by atoms with Gasteiger partial charge in [0.25, 0.3) is 0 Å². The number of amides is 1. The van der Waals surface area contributed by atoms with Gasteiger partial charge in [0.1, 0.15) is 5.60 Å². The number of benzene rings is 1. The summed E-state index contributed by atoms with van der Waals surface area (Å²) in [6, 6.07) is 10.5. The number of thiophene rings is 2. The van der Waals surface area contributed by atoms with Crippen molar-refractivity contribution < 1.29 is 29.0 Å². The van der Waals surface area contributed by atoms with E-state index in [0.717, 1.165) is 14.2 Å². The number of carbonyl (C=O) groups excluding carboxylic acids is 2. The summed E-state index contributed by atoms with van der Waals surface area (Å²) in [5.74, 6) is -1.19. The number of hydrogen-bond acceptors (Lipinski definition) is 7. The van der Waals surface area contributed by atoms with Gasteiger partial charge in [0, 0.05) is 21.3 Å². The Labute approximate surface area is 249 Å². The molecule has 0 aliphatic heterocycles. The molecule has 2 N–H and O–H groups in total. The normalized spacial score (nSPS) is 9.41. The summed E-state index contributed by atoms with van der Waals surface area (Å²) in [7, 11) is 0. The van der Waals surface area contributed by atoms with Crippen LogP contribution in [0.3, 0.4) is 0 Å². The second-order valence-electron chi connectivity index (χ2n) is 7.57. The fraction of sp³-hybridized carbons (Fsp3) is 0.414. The van der Waals surface area contributed by atoms with Crippen molar-refractivity contribution in [2.75, 3.05) is 11.9 Å². The third-order valence-corrected chi connectivity index (χ3v) is 6.22. The lowest BCUT2D eigenvalue weighted by Gasteiger charge is -2.19. The van der Waals surface area contributed by atoms with E-state index in [9.17, 15) is 14.4 Å². The first-order valence-electron chi connectivity index (χ1n) is 12.8. The predicted molar refractivity (Wildman–Crippen MR) is 169 cm³/mol. The van der Waals surface area contributed by atoms with Crippen LogP contribution in [-0.2, 0) is 9.47 Å². The van der Waals surface area contributed by atoms with E-state index >= 15 is 0 Å². The molecule has 218 valence electrons. The first-order chi connectivity index (χ1) is 18.5. The van der Waals surface area contributed by atoms with E-state index in [-0.39, 0.29) is 11.5 Å². The Morgan fingerprint density at radius 3 is 1.85 bits per heavy atom. The number of ether oxygens (including phenoxy) is 2. The molecule has 2 heterocycles. The number of halogens is 1. The average Bonchev–Trinajstić information content (AvgIpc) is 3.58. The molecule has 1 aromatic carbocycles. The first kappa shape index (κ1) is 38.5. The molecule has 3 rings (SSSR count). The number of esters is 1. The van der Waals surface area contributed by atoms with Crippen molar-refractivity contribution in [3.63, 3.8) is 0 Å². The second kappa shape index (κ2) is 21.2. The minimum Gasteiger partial charge on any atom is -0.478 e. The molecule has 3 aromatic rings. The van der Waals surface area contributed by atoms with Crippen molar-refractivity contribution in [3.8, 4) is 10.4 Å². The number of carboxylic acids is 1. The second-order valence-corrected chi connectivity index (χ2v) is 10.8. The Morgan fingerprint density at radius 1 is 0.897 bits per heavy atom. The van der Waals surface area contributed by atoms with Crippen LogP contribution in [0.5, 0.6) is 0 Å². The number of hydrogen-bond donors (Lipinski definition) is 2. The predicted octanol–water partition coefficient (Wildman–Crippen LogP) is 10.2. The Morgan fingerprint density at radius 2 is 1.44 bits per heavy atom. The fourth-order valence-electron chi connectivity index (χ4n) is 2.37. The summed E-state index contributed by atoms with van der Waals surface area (Å²) in [5, 5.41) is 14.9. The van der Waals surface area contributed by atoms with Crippen LogP contribution < -0.4 is 5.32 Å². The van der Waals surface area contributed by atoms with Crippen LogP contribution in [-0.4, -0.2) is 35.3 Å². The third-order valence-electron chi connectivity index (χ3n) is 3.74. The van der Waals surface area contributed by atoms with Crippen LogP contribution in [0.15, 0.2) is 50.9 Å². The van der Waals surface area contributed by atoms with Crippen molar-refractivity contribution >= 4 is 62.3 Å². The molecule has 1 amide bonds. The van der Waals surface area contributed by atoms with Crippen molar-refractivity contribution in [2.24, 2.45) is 0 Å². The molecule has 0 fully saturated rings. The Balaban J connectivity index is 0.